The van der Waals surface area contributed by atoms with Crippen molar-refractivity contribution < 1.29 is 14.7 Å². The van der Waals surface area contributed by atoms with Crippen LogP contribution in [-0.4, -0.2) is 37.6 Å². The molecule has 1 atom stereocenters. The molecule has 0 fully saturated rings. The van der Waals surface area contributed by atoms with Crippen molar-refractivity contribution >= 4 is 35.2 Å². The summed E-state index contributed by atoms with van der Waals surface area (Å²) in [5.74, 6) is -0.930. The summed E-state index contributed by atoms with van der Waals surface area (Å²) in [4.78, 5) is 24.1. The summed E-state index contributed by atoms with van der Waals surface area (Å²) in [7, 11) is 0. The van der Waals surface area contributed by atoms with Crippen molar-refractivity contribution in [2.45, 2.75) is 38.3 Å². The maximum atomic E-state index is 13.1. The number of thioether (sulfide) groups is 1. The molecule has 1 heterocycles. The highest BCUT2D eigenvalue weighted by Gasteiger charge is 2.21. The van der Waals surface area contributed by atoms with Crippen molar-refractivity contribution in [1.82, 2.24) is 14.9 Å². The molecule has 0 aliphatic rings. The second-order valence-corrected chi connectivity index (χ2v) is 9.25. The molecular formula is C23H25ClN4O3S. The topological polar surface area (TPSA) is 97.1 Å². The Bertz CT molecular complexity index is 1080. The van der Waals surface area contributed by atoms with Crippen LogP contribution in [0.3, 0.4) is 0 Å². The first-order valence-corrected chi connectivity index (χ1v) is 11.6. The number of hydrogen-bond acceptors (Lipinski definition) is 5. The SMILES string of the molecule is CC(C)Cc1ccc(C(C)C(=O)Nn2c(SCC(=O)O)nnc2-c2ccc(Cl)cc2)cc1. The van der Waals surface area contributed by atoms with E-state index >= 15 is 0 Å². The van der Waals surface area contributed by atoms with Crippen LogP contribution in [0.1, 0.15) is 37.8 Å². The van der Waals surface area contributed by atoms with Gasteiger partial charge in [0.15, 0.2) is 5.82 Å². The highest BCUT2D eigenvalue weighted by molar-refractivity contribution is 7.99. The van der Waals surface area contributed by atoms with Gasteiger partial charge in [0, 0.05) is 10.6 Å². The quantitative estimate of drug-likeness (QED) is 0.432. The van der Waals surface area contributed by atoms with Crippen LogP contribution in [0.4, 0.5) is 0 Å². The number of carbonyl (C=O) groups excluding carboxylic acids is 1. The normalized spacial score (nSPS) is 12.0. The second-order valence-electron chi connectivity index (χ2n) is 7.87. The number of nitrogens with one attached hydrogen (secondary N) is 1. The Kier molecular flexibility index (Phi) is 7.93. The van der Waals surface area contributed by atoms with Crippen LogP contribution in [0, 0.1) is 5.92 Å². The first kappa shape index (κ1) is 23.8. The minimum absolute atomic E-state index is 0.207. The number of carbonyl (C=O) groups is 2. The van der Waals surface area contributed by atoms with Gasteiger partial charge in [0.25, 0.3) is 0 Å². The summed E-state index contributed by atoms with van der Waals surface area (Å²) in [6.07, 6.45) is 0.982. The Labute approximate surface area is 196 Å². The van der Waals surface area contributed by atoms with Crippen LogP contribution in [0.15, 0.2) is 53.7 Å². The molecule has 0 bridgehead atoms. The number of benzene rings is 2. The van der Waals surface area contributed by atoms with Crippen molar-refractivity contribution in [3.05, 3.63) is 64.7 Å². The Morgan fingerprint density at radius 1 is 1.06 bits per heavy atom. The minimum atomic E-state index is -0.987. The predicted molar refractivity (Wildman–Crippen MR) is 127 cm³/mol. The van der Waals surface area contributed by atoms with Gasteiger partial charge in [-0.1, -0.05) is 61.5 Å². The third-order valence-corrected chi connectivity index (χ3v) is 5.97. The van der Waals surface area contributed by atoms with Gasteiger partial charge in [-0.2, -0.15) is 0 Å². The van der Waals surface area contributed by atoms with Gasteiger partial charge in [-0.3, -0.25) is 15.0 Å². The highest BCUT2D eigenvalue weighted by atomic mass is 35.5. The predicted octanol–water partition coefficient (Wildman–Crippen LogP) is 4.85. The monoisotopic (exact) mass is 472 g/mol. The van der Waals surface area contributed by atoms with E-state index < -0.39 is 11.9 Å². The number of aromatic nitrogens is 3. The number of carboxylic acids is 1. The fraction of sp³-hybridized carbons (Fsp3) is 0.304. The molecule has 0 aliphatic heterocycles. The van der Waals surface area contributed by atoms with Crippen LogP contribution < -0.4 is 5.43 Å². The number of aliphatic carboxylic acids is 1. The maximum Gasteiger partial charge on any atom is 0.313 e. The van der Waals surface area contributed by atoms with Crippen LogP contribution in [0.25, 0.3) is 11.4 Å². The average Bonchev–Trinajstić information content (AvgIpc) is 3.14. The summed E-state index contributed by atoms with van der Waals surface area (Å²) in [6.45, 7) is 6.16. The zero-order valence-electron chi connectivity index (χ0n) is 18.1. The standard InChI is InChI=1S/C23H25ClN4O3S/c1-14(2)12-16-4-6-17(7-5-16)15(3)22(31)27-28-21(18-8-10-19(24)11-9-18)25-26-23(28)32-13-20(29)30/h4-11,14-15H,12-13H2,1-3H3,(H,27,31)(H,29,30). The van der Waals surface area contributed by atoms with E-state index in [-0.39, 0.29) is 16.8 Å². The first-order chi connectivity index (χ1) is 15.2. The van der Waals surface area contributed by atoms with Crippen molar-refractivity contribution in [2.24, 2.45) is 5.92 Å². The number of hydrogen-bond donors (Lipinski definition) is 2. The number of amides is 1. The lowest BCUT2D eigenvalue weighted by molar-refractivity contribution is -0.133. The minimum Gasteiger partial charge on any atom is -0.481 e. The van der Waals surface area contributed by atoms with Gasteiger partial charge in [0.1, 0.15) is 0 Å². The van der Waals surface area contributed by atoms with E-state index in [1.165, 1.54) is 10.2 Å². The molecule has 2 N–H and O–H groups in total. The van der Waals surface area contributed by atoms with Crippen molar-refractivity contribution in [1.29, 1.82) is 0 Å². The third-order valence-electron chi connectivity index (χ3n) is 4.80. The first-order valence-electron chi connectivity index (χ1n) is 10.2. The van der Waals surface area contributed by atoms with Gasteiger partial charge in [0.05, 0.1) is 11.7 Å². The molecule has 0 radical (unpaired) electrons. The molecule has 0 saturated heterocycles. The zero-order valence-corrected chi connectivity index (χ0v) is 19.7. The summed E-state index contributed by atoms with van der Waals surface area (Å²) in [6, 6.07) is 15.0. The third kappa shape index (κ3) is 6.11. The van der Waals surface area contributed by atoms with Gasteiger partial charge in [-0.15, -0.1) is 10.2 Å². The molecule has 0 spiro atoms. The fourth-order valence-electron chi connectivity index (χ4n) is 3.15. The molecular weight excluding hydrogens is 448 g/mol. The molecule has 3 aromatic rings. The van der Waals surface area contributed by atoms with Gasteiger partial charge in [0.2, 0.25) is 11.1 Å². The van der Waals surface area contributed by atoms with Crippen molar-refractivity contribution in [3.8, 4) is 11.4 Å². The Morgan fingerprint density at radius 2 is 1.72 bits per heavy atom. The van der Waals surface area contributed by atoms with E-state index in [9.17, 15) is 9.59 Å². The molecule has 7 nitrogen and oxygen atoms in total. The number of carboxylic acid groups (broad SMARTS) is 1. The van der Waals surface area contributed by atoms with Crippen molar-refractivity contribution in [2.75, 3.05) is 11.2 Å². The Hall–Kier alpha value is -2.84. The lowest BCUT2D eigenvalue weighted by Crippen LogP contribution is -2.28. The fourth-order valence-corrected chi connectivity index (χ4v) is 3.89. The molecule has 0 saturated carbocycles. The highest BCUT2D eigenvalue weighted by Crippen LogP contribution is 2.25. The lowest BCUT2D eigenvalue weighted by atomic mass is 9.96. The van der Waals surface area contributed by atoms with Gasteiger partial charge in [-0.05, 0) is 54.7 Å². The molecule has 9 heteroatoms. The molecule has 0 aliphatic carbocycles. The maximum absolute atomic E-state index is 13.1. The molecule has 1 aromatic heterocycles. The smallest absolute Gasteiger partial charge is 0.313 e. The molecule has 2 aromatic carbocycles. The molecule has 32 heavy (non-hydrogen) atoms. The molecule has 168 valence electrons. The van der Waals surface area contributed by atoms with E-state index in [1.807, 2.05) is 31.2 Å². The van der Waals surface area contributed by atoms with Gasteiger partial charge < -0.3 is 5.11 Å². The van der Waals surface area contributed by atoms with Crippen LogP contribution in [0.5, 0.6) is 0 Å². The number of rotatable bonds is 9. The second kappa shape index (κ2) is 10.7. The Balaban J connectivity index is 1.84. The lowest BCUT2D eigenvalue weighted by Gasteiger charge is -2.16. The summed E-state index contributed by atoms with van der Waals surface area (Å²) < 4.78 is 1.43. The van der Waals surface area contributed by atoms with Crippen molar-refractivity contribution in [3.63, 3.8) is 0 Å². The molecule has 3 rings (SSSR count). The van der Waals surface area contributed by atoms with E-state index in [0.717, 1.165) is 23.7 Å². The van der Waals surface area contributed by atoms with Crippen LogP contribution in [0.2, 0.25) is 5.02 Å². The summed E-state index contributed by atoms with van der Waals surface area (Å²) >= 11 is 6.96. The zero-order chi connectivity index (χ0) is 23.3. The number of nitrogens with zero attached hydrogens (tertiary/aromatic N) is 3. The van der Waals surface area contributed by atoms with E-state index in [4.69, 9.17) is 16.7 Å². The number of halogens is 1. The van der Waals surface area contributed by atoms with Gasteiger partial charge in [-0.25, -0.2) is 4.68 Å². The average molecular weight is 473 g/mol. The van der Waals surface area contributed by atoms with E-state index in [2.05, 4.69) is 29.5 Å². The van der Waals surface area contributed by atoms with E-state index in [1.54, 1.807) is 24.3 Å². The Morgan fingerprint density at radius 3 is 2.31 bits per heavy atom. The summed E-state index contributed by atoms with van der Waals surface area (Å²) in [5, 5.41) is 18.1. The van der Waals surface area contributed by atoms with Gasteiger partial charge >= 0.3 is 5.97 Å². The largest absolute Gasteiger partial charge is 0.481 e. The van der Waals surface area contributed by atoms with Crippen LogP contribution in [-0.2, 0) is 16.0 Å². The van der Waals surface area contributed by atoms with Crippen LogP contribution >= 0.6 is 23.4 Å². The summed E-state index contributed by atoms with van der Waals surface area (Å²) in [5.41, 5.74) is 5.65. The molecule has 1 unspecified atom stereocenters. The molecule has 1 amide bonds. The van der Waals surface area contributed by atoms with E-state index in [0.29, 0.717) is 22.3 Å².